The molecular weight excluding hydrogens is 186 g/mol. The second-order valence-corrected chi connectivity index (χ2v) is 5.91. The first-order valence-electron chi connectivity index (χ1n) is 6.03. The van der Waals surface area contributed by atoms with Gasteiger partial charge in [0.1, 0.15) is 0 Å². The molecule has 0 fully saturated rings. The molecule has 0 aliphatic rings. The Morgan fingerprint density at radius 1 is 1.13 bits per heavy atom. The summed E-state index contributed by atoms with van der Waals surface area (Å²) in [6, 6.07) is 0. The number of amides is 1. The van der Waals surface area contributed by atoms with Crippen molar-refractivity contribution in [2.24, 2.45) is 10.8 Å². The molecular formula is C13H27NO. The highest BCUT2D eigenvalue weighted by molar-refractivity contribution is 5.82. The molecule has 0 radical (unpaired) electrons. The van der Waals surface area contributed by atoms with E-state index in [4.69, 9.17) is 0 Å². The van der Waals surface area contributed by atoms with Crippen LogP contribution in [0.5, 0.6) is 0 Å². The van der Waals surface area contributed by atoms with Crippen LogP contribution in [-0.2, 0) is 4.79 Å². The topological polar surface area (TPSA) is 29.1 Å². The highest BCUT2D eigenvalue weighted by Gasteiger charge is 2.34. The van der Waals surface area contributed by atoms with Crippen molar-refractivity contribution in [2.75, 3.05) is 6.54 Å². The fourth-order valence-electron chi connectivity index (χ4n) is 1.99. The average molecular weight is 213 g/mol. The van der Waals surface area contributed by atoms with Crippen molar-refractivity contribution in [3.05, 3.63) is 0 Å². The summed E-state index contributed by atoms with van der Waals surface area (Å²) in [7, 11) is 0. The average Bonchev–Trinajstić information content (AvgIpc) is 2.11. The molecule has 0 spiro atoms. The summed E-state index contributed by atoms with van der Waals surface area (Å²) in [5.41, 5.74) is -0.0122. The molecule has 0 saturated carbocycles. The molecule has 0 saturated heterocycles. The molecule has 2 nitrogen and oxygen atoms in total. The molecule has 0 aromatic carbocycles. The number of hydrogen-bond acceptors (Lipinski definition) is 1. The van der Waals surface area contributed by atoms with Crippen LogP contribution in [0.15, 0.2) is 0 Å². The minimum Gasteiger partial charge on any atom is -0.356 e. The van der Waals surface area contributed by atoms with E-state index in [0.717, 1.165) is 25.8 Å². The van der Waals surface area contributed by atoms with Crippen LogP contribution in [0.1, 0.15) is 60.8 Å². The van der Waals surface area contributed by atoms with E-state index in [0.29, 0.717) is 0 Å². The molecule has 90 valence electrons. The Kier molecular flexibility index (Phi) is 5.33. The summed E-state index contributed by atoms with van der Waals surface area (Å²) in [4.78, 5) is 12.0. The third kappa shape index (κ3) is 5.19. The zero-order valence-corrected chi connectivity index (χ0v) is 11.2. The maximum absolute atomic E-state index is 12.0. The van der Waals surface area contributed by atoms with Crippen molar-refractivity contribution < 1.29 is 4.79 Å². The first-order chi connectivity index (χ1) is 6.75. The smallest absolute Gasteiger partial charge is 0.225 e. The van der Waals surface area contributed by atoms with Gasteiger partial charge in [0.05, 0.1) is 0 Å². The molecule has 0 aromatic rings. The lowest BCUT2D eigenvalue weighted by Gasteiger charge is -2.33. The molecule has 15 heavy (non-hydrogen) atoms. The largest absolute Gasteiger partial charge is 0.356 e. The summed E-state index contributed by atoms with van der Waals surface area (Å²) in [5.74, 6) is 0.210. The third-order valence-electron chi connectivity index (χ3n) is 2.78. The molecule has 0 aliphatic carbocycles. The zero-order chi connectivity index (χ0) is 12.1. The predicted octanol–water partition coefficient (Wildman–Crippen LogP) is 3.37. The maximum atomic E-state index is 12.0. The van der Waals surface area contributed by atoms with Crippen molar-refractivity contribution in [1.82, 2.24) is 5.32 Å². The molecule has 1 N–H and O–H groups in total. The van der Waals surface area contributed by atoms with E-state index in [2.05, 4.69) is 46.9 Å². The van der Waals surface area contributed by atoms with E-state index in [-0.39, 0.29) is 16.7 Å². The van der Waals surface area contributed by atoms with Gasteiger partial charge in [-0.25, -0.2) is 0 Å². The molecule has 0 rings (SSSR count). The fourth-order valence-corrected chi connectivity index (χ4v) is 1.99. The van der Waals surface area contributed by atoms with E-state index in [1.165, 1.54) is 0 Å². The lowest BCUT2D eigenvalue weighted by molar-refractivity contribution is -0.132. The van der Waals surface area contributed by atoms with Gasteiger partial charge in [-0.1, -0.05) is 41.5 Å². The van der Waals surface area contributed by atoms with Crippen molar-refractivity contribution in [1.29, 1.82) is 0 Å². The molecule has 1 atom stereocenters. The molecule has 2 heteroatoms. The summed E-state index contributed by atoms with van der Waals surface area (Å²) >= 11 is 0. The maximum Gasteiger partial charge on any atom is 0.225 e. The minimum absolute atomic E-state index is 0.203. The molecule has 0 heterocycles. The summed E-state index contributed by atoms with van der Waals surface area (Å²) in [6.45, 7) is 13.6. The van der Waals surface area contributed by atoms with Gasteiger partial charge in [-0.2, -0.15) is 0 Å². The van der Waals surface area contributed by atoms with E-state index in [1.54, 1.807) is 0 Å². The number of carbonyl (C=O) groups is 1. The van der Waals surface area contributed by atoms with Gasteiger partial charge >= 0.3 is 0 Å². The van der Waals surface area contributed by atoms with Crippen molar-refractivity contribution in [2.45, 2.75) is 60.8 Å². The van der Waals surface area contributed by atoms with Crippen molar-refractivity contribution in [3.8, 4) is 0 Å². The molecule has 0 bridgehead atoms. The van der Waals surface area contributed by atoms with Crippen LogP contribution < -0.4 is 5.32 Å². The Morgan fingerprint density at radius 3 is 2.00 bits per heavy atom. The second kappa shape index (κ2) is 5.53. The van der Waals surface area contributed by atoms with Gasteiger partial charge < -0.3 is 5.32 Å². The monoisotopic (exact) mass is 213 g/mol. The van der Waals surface area contributed by atoms with Crippen LogP contribution in [0.3, 0.4) is 0 Å². The summed E-state index contributed by atoms with van der Waals surface area (Å²) in [6.07, 6.45) is 2.84. The Labute approximate surface area is 94.8 Å². The van der Waals surface area contributed by atoms with Gasteiger partial charge in [0.25, 0.3) is 0 Å². The Hall–Kier alpha value is -0.530. The Morgan fingerprint density at radius 2 is 1.67 bits per heavy atom. The minimum atomic E-state index is -0.215. The van der Waals surface area contributed by atoms with Crippen LogP contribution >= 0.6 is 0 Å². The second-order valence-electron chi connectivity index (χ2n) is 5.91. The summed E-state index contributed by atoms with van der Waals surface area (Å²) in [5, 5.41) is 3.01. The number of rotatable bonds is 5. The lowest BCUT2D eigenvalue weighted by atomic mass is 9.73. The SMILES string of the molecule is CCCNC(=O)C(C)(CC)CC(C)(C)C. The predicted molar refractivity (Wildman–Crippen MR) is 65.8 cm³/mol. The van der Waals surface area contributed by atoms with Gasteiger partial charge in [-0.05, 0) is 24.7 Å². The fraction of sp³-hybridized carbons (Fsp3) is 0.923. The van der Waals surface area contributed by atoms with Gasteiger partial charge in [0.2, 0.25) is 5.91 Å². The normalized spacial score (nSPS) is 15.9. The highest BCUT2D eigenvalue weighted by Crippen LogP contribution is 2.36. The molecule has 0 aromatic heterocycles. The molecule has 0 aliphatic heterocycles. The van der Waals surface area contributed by atoms with E-state index < -0.39 is 0 Å². The standard InChI is InChI=1S/C13H27NO/c1-7-9-14-11(15)13(6,8-2)10-12(3,4)5/h7-10H2,1-6H3,(H,14,15). The van der Waals surface area contributed by atoms with Crippen LogP contribution in [0.25, 0.3) is 0 Å². The first kappa shape index (κ1) is 14.5. The Bertz CT molecular complexity index is 205. The number of carbonyl (C=O) groups excluding carboxylic acids is 1. The highest BCUT2D eigenvalue weighted by atomic mass is 16.2. The van der Waals surface area contributed by atoms with Crippen molar-refractivity contribution in [3.63, 3.8) is 0 Å². The van der Waals surface area contributed by atoms with Crippen LogP contribution in [0.4, 0.5) is 0 Å². The molecule has 1 unspecified atom stereocenters. The number of nitrogens with one attached hydrogen (secondary N) is 1. The van der Waals surface area contributed by atoms with Gasteiger partial charge in [0, 0.05) is 12.0 Å². The van der Waals surface area contributed by atoms with Crippen LogP contribution in [0, 0.1) is 10.8 Å². The quantitative estimate of drug-likeness (QED) is 0.745. The van der Waals surface area contributed by atoms with Gasteiger partial charge in [-0.3, -0.25) is 4.79 Å². The van der Waals surface area contributed by atoms with Gasteiger partial charge in [-0.15, -0.1) is 0 Å². The lowest BCUT2D eigenvalue weighted by Crippen LogP contribution is -2.41. The first-order valence-corrected chi connectivity index (χ1v) is 6.03. The van der Waals surface area contributed by atoms with Gasteiger partial charge in [0.15, 0.2) is 0 Å². The van der Waals surface area contributed by atoms with E-state index in [9.17, 15) is 4.79 Å². The summed E-state index contributed by atoms with van der Waals surface area (Å²) < 4.78 is 0. The van der Waals surface area contributed by atoms with E-state index in [1.807, 2.05) is 0 Å². The Balaban J connectivity index is 4.48. The van der Waals surface area contributed by atoms with E-state index >= 15 is 0 Å². The number of hydrogen-bond donors (Lipinski definition) is 1. The third-order valence-corrected chi connectivity index (χ3v) is 2.78. The van der Waals surface area contributed by atoms with Crippen LogP contribution in [0.2, 0.25) is 0 Å². The van der Waals surface area contributed by atoms with Crippen LogP contribution in [-0.4, -0.2) is 12.5 Å². The zero-order valence-electron chi connectivity index (χ0n) is 11.2. The van der Waals surface area contributed by atoms with Crippen molar-refractivity contribution >= 4 is 5.91 Å². The molecule has 1 amide bonds.